The summed E-state index contributed by atoms with van der Waals surface area (Å²) in [5.41, 5.74) is 9.87. The number of carbonyl (C=O) groups is 1. The SMILES string of the molecule is Cc1cc(C(=O)NC2CCCc3cc(N)ccc32)ccc1F. The summed E-state index contributed by atoms with van der Waals surface area (Å²) in [6, 6.07) is 10.3. The molecule has 0 spiro atoms. The fourth-order valence-corrected chi connectivity index (χ4v) is 3.01. The van der Waals surface area contributed by atoms with Gasteiger partial charge >= 0.3 is 0 Å². The van der Waals surface area contributed by atoms with E-state index in [1.165, 1.54) is 17.7 Å². The van der Waals surface area contributed by atoms with Gasteiger partial charge in [0.15, 0.2) is 0 Å². The number of halogens is 1. The Labute approximate surface area is 129 Å². The van der Waals surface area contributed by atoms with Crippen molar-refractivity contribution in [2.45, 2.75) is 32.2 Å². The third kappa shape index (κ3) is 2.82. The minimum absolute atomic E-state index is 0.0118. The molecule has 1 atom stereocenters. The molecule has 4 heteroatoms. The number of carbonyl (C=O) groups excluding carboxylic acids is 1. The number of anilines is 1. The lowest BCUT2D eigenvalue weighted by atomic mass is 9.87. The zero-order chi connectivity index (χ0) is 15.7. The van der Waals surface area contributed by atoms with Crippen LogP contribution >= 0.6 is 0 Å². The molecule has 2 aromatic carbocycles. The van der Waals surface area contributed by atoms with Crippen LogP contribution in [0, 0.1) is 12.7 Å². The highest BCUT2D eigenvalue weighted by Gasteiger charge is 2.22. The van der Waals surface area contributed by atoms with Crippen LogP contribution in [-0.4, -0.2) is 5.91 Å². The number of benzene rings is 2. The van der Waals surface area contributed by atoms with E-state index in [0.29, 0.717) is 11.1 Å². The summed E-state index contributed by atoms with van der Waals surface area (Å²) in [5, 5.41) is 3.06. The maximum absolute atomic E-state index is 13.3. The molecule has 0 fully saturated rings. The normalized spacial score (nSPS) is 16.9. The molecular weight excluding hydrogens is 279 g/mol. The van der Waals surface area contributed by atoms with Gasteiger partial charge in [0.2, 0.25) is 0 Å². The van der Waals surface area contributed by atoms with Gasteiger partial charge in [-0.1, -0.05) is 6.07 Å². The molecule has 22 heavy (non-hydrogen) atoms. The van der Waals surface area contributed by atoms with E-state index in [1.54, 1.807) is 13.0 Å². The second-order valence-electron chi connectivity index (χ2n) is 5.84. The zero-order valence-corrected chi connectivity index (χ0v) is 12.5. The summed E-state index contributed by atoms with van der Waals surface area (Å²) >= 11 is 0. The number of nitrogens with one attached hydrogen (secondary N) is 1. The Morgan fingerprint density at radius 3 is 2.86 bits per heavy atom. The van der Waals surface area contributed by atoms with Crippen LogP contribution in [0.15, 0.2) is 36.4 Å². The molecule has 2 aromatic rings. The van der Waals surface area contributed by atoms with Gasteiger partial charge in [0, 0.05) is 11.3 Å². The first-order chi connectivity index (χ1) is 10.5. The van der Waals surface area contributed by atoms with Crippen molar-refractivity contribution in [3.05, 3.63) is 64.5 Å². The molecular formula is C18H19FN2O. The molecule has 3 nitrogen and oxygen atoms in total. The number of hydrogen-bond donors (Lipinski definition) is 2. The Balaban J connectivity index is 1.82. The zero-order valence-electron chi connectivity index (χ0n) is 12.5. The van der Waals surface area contributed by atoms with E-state index in [0.717, 1.165) is 30.5 Å². The van der Waals surface area contributed by atoms with Gasteiger partial charge in [-0.15, -0.1) is 0 Å². The fraction of sp³-hybridized carbons (Fsp3) is 0.278. The van der Waals surface area contributed by atoms with E-state index in [1.807, 2.05) is 18.2 Å². The number of hydrogen-bond acceptors (Lipinski definition) is 2. The molecule has 1 aliphatic carbocycles. The van der Waals surface area contributed by atoms with Crippen LogP contribution in [0.5, 0.6) is 0 Å². The Morgan fingerprint density at radius 1 is 1.27 bits per heavy atom. The first-order valence-corrected chi connectivity index (χ1v) is 7.50. The van der Waals surface area contributed by atoms with Crippen LogP contribution in [0.25, 0.3) is 0 Å². The van der Waals surface area contributed by atoms with Gasteiger partial charge in [-0.2, -0.15) is 0 Å². The minimum Gasteiger partial charge on any atom is -0.399 e. The Kier molecular flexibility index (Phi) is 3.84. The van der Waals surface area contributed by atoms with E-state index in [9.17, 15) is 9.18 Å². The number of nitrogen functional groups attached to an aromatic ring is 1. The molecule has 0 heterocycles. The van der Waals surface area contributed by atoms with E-state index in [4.69, 9.17) is 5.73 Å². The first-order valence-electron chi connectivity index (χ1n) is 7.50. The monoisotopic (exact) mass is 298 g/mol. The maximum atomic E-state index is 13.3. The second kappa shape index (κ2) is 5.79. The molecule has 0 bridgehead atoms. The molecule has 1 aliphatic rings. The van der Waals surface area contributed by atoms with Gasteiger partial charge in [-0.05, 0) is 73.2 Å². The van der Waals surface area contributed by atoms with Crippen LogP contribution in [0.4, 0.5) is 10.1 Å². The fourth-order valence-electron chi connectivity index (χ4n) is 3.01. The maximum Gasteiger partial charge on any atom is 0.251 e. The lowest BCUT2D eigenvalue weighted by molar-refractivity contribution is 0.0932. The topological polar surface area (TPSA) is 55.1 Å². The molecule has 0 aromatic heterocycles. The Morgan fingerprint density at radius 2 is 2.09 bits per heavy atom. The number of amides is 1. The van der Waals surface area contributed by atoms with Crippen molar-refractivity contribution in [2.24, 2.45) is 0 Å². The summed E-state index contributed by atoms with van der Waals surface area (Å²) < 4.78 is 13.3. The van der Waals surface area contributed by atoms with Crippen molar-refractivity contribution in [3.8, 4) is 0 Å². The molecule has 1 amide bonds. The van der Waals surface area contributed by atoms with Crippen LogP contribution in [-0.2, 0) is 6.42 Å². The molecule has 114 valence electrons. The highest BCUT2D eigenvalue weighted by molar-refractivity contribution is 5.94. The molecule has 0 radical (unpaired) electrons. The average Bonchev–Trinajstić information content (AvgIpc) is 2.50. The van der Waals surface area contributed by atoms with E-state index in [-0.39, 0.29) is 17.8 Å². The van der Waals surface area contributed by atoms with Gasteiger partial charge in [-0.25, -0.2) is 4.39 Å². The predicted molar refractivity (Wildman–Crippen MR) is 85.1 cm³/mol. The third-order valence-electron chi connectivity index (χ3n) is 4.21. The van der Waals surface area contributed by atoms with Crippen LogP contribution in [0.3, 0.4) is 0 Å². The highest BCUT2D eigenvalue weighted by Crippen LogP contribution is 2.31. The number of nitrogens with two attached hydrogens (primary N) is 1. The number of rotatable bonds is 2. The van der Waals surface area contributed by atoms with Crippen LogP contribution in [0.1, 0.15) is 45.9 Å². The molecule has 0 aliphatic heterocycles. The molecule has 3 rings (SSSR count). The van der Waals surface area contributed by atoms with Crippen molar-refractivity contribution in [1.29, 1.82) is 0 Å². The molecule has 3 N–H and O–H groups in total. The molecule has 0 saturated carbocycles. The van der Waals surface area contributed by atoms with Gasteiger partial charge < -0.3 is 11.1 Å². The van der Waals surface area contributed by atoms with Crippen molar-refractivity contribution < 1.29 is 9.18 Å². The second-order valence-corrected chi connectivity index (χ2v) is 5.84. The van der Waals surface area contributed by atoms with Crippen molar-refractivity contribution >= 4 is 11.6 Å². The lowest BCUT2D eigenvalue weighted by Crippen LogP contribution is -2.31. The quantitative estimate of drug-likeness (QED) is 0.833. The highest BCUT2D eigenvalue weighted by atomic mass is 19.1. The molecule has 1 unspecified atom stereocenters. The van der Waals surface area contributed by atoms with Gasteiger partial charge in [0.05, 0.1) is 6.04 Å². The Hall–Kier alpha value is -2.36. The summed E-state index contributed by atoms with van der Waals surface area (Å²) in [5.74, 6) is -0.465. The molecule has 0 saturated heterocycles. The first kappa shape index (κ1) is 14.6. The smallest absolute Gasteiger partial charge is 0.251 e. The number of aryl methyl sites for hydroxylation is 2. The van der Waals surface area contributed by atoms with Gasteiger partial charge in [-0.3, -0.25) is 4.79 Å². The van der Waals surface area contributed by atoms with Crippen molar-refractivity contribution in [1.82, 2.24) is 5.32 Å². The lowest BCUT2D eigenvalue weighted by Gasteiger charge is -2.26. The summed E-state index contributed by atoms with van der Waals surface area (Å²) in [7, 11) is 0. The van der Waals surface area contributed by atoms with Crippen LogP contribution in [0.2, 0.25) is 0 Å². The number of fused-ring (bicyclic) bond motifs is 1. The summed E-state index contributed by atoms with van der Waals surface area (Å²) in [6.45, 7) is 1.66. The van der Waals surface area contributed by atoms with Gasteiger partial charge in [0.25, 0.3) is 5.91 Å². The van der Waals surface area contributed by atoms with E-state index >= 15 is 0 Å². The summed E-state index contributed by atoms with van der Waals surface area (Å²) in [6.07, 6.45) is 2.91. The minimum atomic E-state index is -0.296. The largest absolute Gasteiger partial charge is 0.399 e. The standard InChI is InChI=1S/C18H19FN2O/c1-11-9-13(5-8-16(11)19)18(22)21-17-4-2-3-12-10-14(20)6-7-15(12)17/h5-10,17H,2-4,20H2,1H3,(H,21,22). The van der Waals surface area contributed by atoms with Crippen molar-refractivity contribution in [2.75, 3.05) is 5.73 Å². The van der Waals surface area contributed by atoms with Crippen molar-refractivity contribution in [3.63, 3.8) is 0 Å². The predicted octanol–water partition coefficient (Wildman–Crippen LogP) is 3.52. The average molecular weight is 298 g/mol. The Bertz CT molecular complexity index is 727. The van der Waals surface area contributed by atoms with Gasteiger partial charge in [0.1, 0.15) is 5.82 Å². The van der Waals surface area contributed by atoms with E-state index in [2.05, 4.69) is 5.32 Å². The van der Waals surface area contributed by atoms with E-state index < -0.39 is 0 Å². The van der Waals surface area contributed by atoms with Crippen LogP contribution < -0.4 is 11.1 Å². The summed E-state index contributed by atoms with van der Waals surface area (Å²) in [4.78, 5) is 12.4. The third-order valence-corrected chi connectivity index (χ3v) is 4.21.